The molecule has 0 amide bonds. The van der Waals surface area contributed by atoms with Gasteiger partial charge in [0, 0.05) is 12.6 Å². The zero-order chi connectivity index (χ0) is 21.4. The van der Waals surface area contributed by atoms with E-state index in [2.05, 4.69) is 18.7 Å². The third-order valence-corrected chi connectivity index (χ3v) is 5.23. The van der Waals surface area contributed by atoms with Crippen molar-refractivity contribution < 1.29 is 19.2 Å². The van der Waals surface area contributed by atoms with Crippen molar-refractivity contribution in [3.8, 4) is 5.75 Å². The maximum Gasteiger partial charge on any atom is 0.347 e. The summed E-state index contributed by atoms with van der Waals surface area (Å²) in [4.78, 5) is 25.7. The summed E-state index contributed by atoms with van der Waals surface area (Å²) >= 11 is 0. The molecular formula is C22H34N2O5. The number of benzene rings is 1. The molecule has 0 heterocycles. The van der Waals surface area contributed by atoms with Crippen LogP contribution in [0.5, 0.6) is 5.75 Å². The van der Waals surface area contributed by atoms with Gasteiger partial charge in [-0.25, -0.2) is 4.79 Å². The minimum absolute atomic E-state index is 0.0208. The number of rotatable bonds is 10. The molecule has 1 fully saturated rings. The number of nitro groups is 1. The predicted molar refractivity (Wildman–Crippen MR) is 113 cm³/mol. The molecule has 1 atom stereocenters. The molecule has 0 radical (unpaired) electrons. The van der Waals surface area contributed by atoms with Crippen molar-refractivity contribution in [1.82, 2.24) is 0 Å². The Labute approximate surface area is 173 Å². The Balaban J connectivity index is 2.33. The van der Waals surface area contributed by atoms with Gasteiger partial charge in [0.1, 0.15) is 11.4 Å². The molecule has 0 bridgehead atoms. The lowest BCUT2D eigenvalue weighted by atomic mass is 9.93. The van der Waals surface area contributed by atoms with Crippen LogP contribution in [0.15, 0.2) is 18.2 Å². The number of hydrogen-bond donors (Lipinski definition) is 0. The van der Waals surface area contributed by atoms with Crippen molar-refractivity contribution in [2.45, 2.75) is 78.4 Å². The molecule has 1 aromatic rings. The molecule has 1 unspecified atom stereocenters. The molecule has 2 rings (SSSR count). The van der Waals surface area contributed by atoms with Gasteiger partial charge in [0.05, 0.1) is 17.6 Å². The van der Waals surface area contributed by atoms with E-state index in [4.69, 9.17) is 9.47 Å². The van der Waals surface area contributed by atoms with Gasteiger partial charge in [-0.3, -0.25) is 10.1 Å². The second kappa shape index (κ2) is 11.0. The number of carbonyl (C=O) groups is 1. The van der Waals surface area contributed by atoms with Crippen LogP contribution in [-0.4, -0.2) is 36.2 Å². The number of nitro benzene ring substituents is 1. The van der Waals surface area contributed by atoms with Crippen LogP contribution in [0.1, 0.15) is 66.2 Å². The van der Waals surface area contributed by atoms with Crippen LogP contribution in [0.4, 0.5) is 11.4 Å². The van der Waals surface area contributed by atoms with E-state index in [0.29, 0.717) is 29.8 Å². The van der Waals surface area contributed by atoms with Crippen LogP contribution < -0.4 is 9.64 Å². The molecule has 7 nitrogen and oxygen atoms in total. The van der Waals surface area contributed by atoms with Crippen molar-refractivity contribution in [1.29, 1.82) is 0 Å². The number of anilines is 1. The molecule has 7 heteroatoms. The van der Waals surface area contributed by atoms with Gasteiger partial charge >= 0.3 is 5.97 Å². The molecule has 0 saturated heterocycles. The highest BCUT2D eigenvalue weighted by atomic mass is 16.6. The second-order valence-electron chi connectivity index (χ2n) is 8.01. The summed E-state index contributed by atoms with van der Waals surface area (Å²) in [6.45, 7) is 8.85. The molecule has 29 heavy (non-hydrogen) atoms. The van der Waals surface area contributed by atoms with Crippen LogP contribution in [0.3, 0.4) is 0 Å². The molecule has 0 N–H and O–H groups in total. The minimum Gasteiger partial charge on any atom is -0.478 e. The fourth-order valence-corrected chi connectivity index (χ4v) is 3.89. The van der Waals surface area contributed by atoms with Gasteiger partial charge in [-0.15, -0.1) is 0 Å². The first-order chi connectivity index (χ1) is 13.9. The Morgan fingerprint density at radius 1 is 1.24 bits per heavy atom. The predicted octanol–water partition coefficient (Wildman–Crippen LogP) is 5.11. The van der Waals surface area contributed by atoms with E-state index in [1.54, 1.807) is 19.1 Å². The van der Waals surface area contributed by atoms with Crippen molar-refractivity contribution >= 4 is 17.3 Å². The lowest BCUT2D eigenvalue weighted by molar-refractivity contribution is -0.384. The number of carbonyl (C=O) groups excluding carboxylic acids is 1. The zero-order valence-corrected chi connectivity index (χ0v) is 18.1. The van der Waals surface area contributed by atoms with E-state index in [1.165, 1.54) is 12.5 Å². The first-order valence-electron chi connectivity index (χ1n) is 10.8. The van der Waals surface area contributed by atoms with E-state index >= 15 is 0 Å². The standard InChI is InChI=1S/C22H34N2O5/c1-5-21(22(25)28-6-2)29-18-12-13-19(20(14-18)24(26)27)23(15-16(3)4)17-10-8-7-9-11-17/h12-14,16-17,21H,5-11,15H2,1-4H3. The van der Waals surface area contributed by atoms with Crippen molar-refractivity contribution in [2.24, 2.45) is 5.92 Å². The quantitative estimate of drug-likeness (QED) is 0.305. The lowest BCUT2D eigenvalue weighted by Crippen LogP contribution is -2.39. The molecule has 0 aliphatic heterocycles. The van der Waals surface area contributed by atoms with Gasteiger partial charge in [0.15, 0.2) is 6.10 Å². The van der Waals surface area contributed by atoms with Gasteiger partial charge in [0.2, 0.25) is 0 Å². The van der Waals surface area contributed by atoms with Gasteiger partial charge < -0.3 is 14.4 Å². The fourth-order valence-electron chi connectivity index (χ4n) is 3.89. The van der Waals surface area contributed by atoms with E-state index in [9.17, 15) is 14.9 Å². The lowest BCUT2D eigenvalue weighted by Gasteiger charge is -2.37. The first-order valence-corrected chi connectivity index (χ1v) is 10.8. The zero-order valence-electron chi connectivity index (χ0n) is 18.1. The molecule has 1 aromatic carbocycles. The summed E-state index contributed by atoms with van der Waals surface area (Å²) < 4.78 is 10.8. The van der Waals surface area contributed by atoms with Crippen molar-refractivity contribution in [2.75, 3.05) is 18.1 Å². The van der Waals surface area contributed by atoms with Crippen LogP contribution >= 0.6 is 0 Å². The molecule has 1 saturated carbocycles. The van der Waals surface area contributed by atoms with E-state index in [0.717, 1.165) is 32.2 Å². The maximum absolute atomic E-state index is 12.0. The highest BCUT2D eigenvalue weighted by Crippen LogP contribution is 2.37. The average Bonchev–Trinajstić information content (AvgIpc) is 2.70. The highest BCUT2D eigenvalue weighted by Gasteiger charge is 2.29. The minimum atomic E-state index is -0.773. The summed E-state index contributed by atoms with van der Waals surface area (Å²) in [6.07, 6.45) is 5.32. The Morgan fingerprint density at radius 3 is 2.48 bits per heavy atom. The monoisotopic (exact) mass is 406 g/mol. The second-order valence-corrected chi connectivity index (χ2v) is 8.01. The summed E-state index contributed by atoms with van der Waals surface area (Å²) in [5.41, 5.74) is 0.652. The van der Waals surface area contributed by atoms with Crippen molar-refractivity contribution in [3.05, 3.63) is 28.3 Å². The van der Waals surface area contributed by atoms with Gasteiger partial charge in [0.25, 0.3) is 5.69 Å². The first kappa shape index (κ1) is 23.0. The summed E-state index contributed by atoms with van der Waals surface area (Å²) in [6, 6.07) is 5.25. The normalized spacial score (nSPS) is 15.8. The van der Waals surface area contributed by atoms with Gasteiger partial charge in [-0.2, -0.15) is 0 Å². The number of ether oxygens (including phenoxy) is 2. The number of nitrogens with zero attached hydrogens (tertiary/aromatic N) is 2. The topological polar surface area (TPSA) is 81.9 Å². The number of esters is 1. The smallest absolute Gasteiger partial charge is 0.347 e. The van der Waals surface area contributed by atoms with Crippen LogP contribution in [0.2, 0.25) is 0 Å². The van der Waals surface area contributed by atoms with E-state index in [1.807, 2.05) is 6.92 Å². The molecule has 1 aliphatic carbocycles. The summed E-state index contributed by atoms with van der Waals surface area (Å²) in [5, 5.41) is 11.9. The van der Waals surface area contributed by atoms with Crippen molar-refractivity contribution in [3.63, 3.8) is 0 Å². The Hall–Kier alpha value is -2.31. The van der Waals surface area contributed by atoms with Crippen LogP contribution in [-0.2, 0) is 9.53 Å². The summed E-state index contributed by atoms with van der Waals surface area (Å²) in [5.74, 6) is 0.250. The molecule has 1 aliphatic rings. The third-order valence-electron chi connectivity index (χ3n) is 5.23. The Kier molecular flexibility index (Phi) is 8.73. The molecular weight excluding hydrogens is 372 g/mol. The van der Waals surface area contributed by atoms with Gasteiger partial charge in [-0.05, 0) is 44.2 Å². The fraction of sp³-hybridized carbons (Fsp3) is 0.682. The number of hydrogen-bond acceptors (Lipinski definition) is 6. The van der Waals surface area contributed by atoms with Crippen LogP contribution in [0.25, 0.3) is 0 Å². The van der Waals surface area contributed by atoms with E-state index in [-0.39, 0.29) is 17.2 Å². The Morgan fingerprint density at radius 2 is 1.93 bits per heavy atom. The molecule has 162 valence electrons. The SMILES string of the molecule is CCOC(=O)C(CC)Oc1ccc(N(CC(C)C)C2CCCCC2)c([N+](=O)[O-])c1. The van der Waals surface area contributed by atoms with Crippen LogP contribution in [0, 0.1) is 16.0 Å². The molecule has 0 spiro atoms. The van der Waals surface area contributed by atoms with E-state index < -0.39 is 12.1 Å². The molecule has 0 aromatic heterocycles. The largest absolute Gasteiger partial charge is 0.478 e. The summed E-state index contributed by atoms with van der Waals surface area (Å²) in [7, 11) is 0. The maximum atomic E-state index is 12.0. The Bertz CT molecular complexity index is 686. The average molecular weight is 407 g/mol. The highest BCUT2D eigenvalue weighted by molar-refractivity contribution is 5.75. The van der Waals surface area contributed by atoms with Gasteiger partial charge in [-0.1, -0.05) is 40.0 Å². The third kappa shape index (κ3) is 6.34.